The topological polar surface area (TPSA) is 80.7 Å². The molecule has 7 heteroatoms. The number of esters is 1. The molecule has 194 valence electrons. The van der Waals surface area contributed by atoms with E-state index in [0.29, 0.717) is 24.8 Å². The van der Waals surface area contributed by atoms with Crippen LogP contribution in [0.4, 0.5) is 4.39 Å². The number of hydrogen-bond acceptors (Lipinski definition) is 5. The van der Waals surface area contributed by atoms with Crippen molar-refractivity contribution in [3.63, 3.8) is 0 Å². The highest BCUT2D eigenvalue weighted by molar-refractivity contribution is 6.23. The van der Waals surface area contributed by atoms with E-state index in [1.54, 1.807) is 13.0 Å². The van der Waals surface area contributed by atoms with Crippen LogP contribution in [0.2, 0.25) is 0 Å². The molecule has 0 saturated heterocycles. The number of ether oxygens (including phenoxy) is 1. The van der Waals surface area contributed by atoms with Gasteiger partial charge < -0.3 is 9.84 Å². The number of halogens is 2. The molecule has 5 nitrogen and oxygen atoms in total. The summed E-state index contributed by atoms with van der Waals surface area (Å²) in [6, 6.07) is 0. The predicted molar refractivity (Wildman–Crippen MR) is 132 cm³/mol. The first-order chi connectivity index (χ1) is 16.4. The summed E-state index contributed by atoms with van der Waals surface area (Å²) in [5, 5.41) is 10.9. The summed E-state index contributed by atoms with van der Waals surface area (Å²) >= 11 is 6.76. The van der Waals surface area contributed by atoms with Gasteiger partial charge in [-0.1, -0.05) is 39.7 Å². The van der Waals surface area contributed by atoms with Gasteiger partial charge in [-0.2, -0.15) is 0 Å². The molecule has 0 aromatic rings. The van der Waals surface area contributed by atoms with Crippen molar-refractivity contribution in [2.75, 3.05) is 6.61 Å². The molecule has 0 radical (unpaired) electrons. The van der Waals surface area contributed by atoms with Gasteiger partial charge in [0.25, 0.3) is 0 Å². The van der Waals surface area contributed by atoms with Crippen molar-refractivity contribution in [2.45, 2.75) is 89.8 Å². The average molecular weight is 509 g/mol. The molecule has 3 fully saturated rings. The Morgan fingerprint density at radius 3 is 2.63 bits per heavy atom. The van der Waals surface area contributed by atoms with Crippen LogP contribution in [0.25, 0.3) is 0 Å². The number of aliphatic hydroxyl groups is 1. The Hall–Kier alpha value is -1.53. The maximum Gasteiger partial charge on any atom is 0.306 e. The molecule has 9 atom stereocenters. The number of carbonyl (C=O) groups is 3. The molecule has 4 aliphatic rings. The quantitative estimate of drug-likeness (QED) is 0.293. The summed E-state index contributed by atoms with van der Waals surface area (Å²) in [6.07, 6.45) is 7.11. The predicted octanol–water partition coefficient (Wildman–Crippen LogP) is 5.13. The number of Topliss-reactive ketones (excluding diaryl/α,β-unsaturated/α-hetero) is 1. The number of aliphatic hydroxyl groups excluding tert-OH is 1. The number of allylic oxidation sites excluding steroid dienone is 4. The van der Waals surface area contributed by atoms with Gasteiger partial charge in [0.2, 0.25) is 0 Å². The molecule has 4 aliphatic carbocycles. The number of rotatable bonds is 7. The minimum absolute atomic E-state index is 0.0344. The Morgan fingerprint density at radius 2 is 1.94 bits per heavy atom. The number of fused-ring (bicyclic) bond motifs is 5. The number of alkyl halides is 2. The molecular formula is C28H38ClFO5. The summed E-state index contributed by atoms with van der Waals surface area (Å²) in [6.45, 7) is 7.48. The minimum Gasteiger partial charge on any atom is -0.458 e. The van der Waals surface area contributed by atoms with Crippen LogP contribution < -0.4 is 0 Å². The fraction of sp³-hybridized carbons (Fsp3) is 0.750. The molecule has 0 bridgehead atoms. The average Bonchev–Trinajstić information content (AvgIpc) is 3.05. The lowest BCUT2D eigenvalue weighted by Gasteiger charge is -2.62. The Balaban J connectivity index is 1.59. The summed E-state index contributed by atoms with van der Waals surface area (Å²) in [7, 11) is 0. The molecule has 3 unspecified atom stereocenters. The van der Waals surface area contributed by atoms with E-state index in [-0.39, 0.29) is 42.4 Å². The standard InChI is InChI=1S/C28H38ClFO5/c1-5-6-7-8-24(34)35-15-22(32)25-16(2)11-18-19-13-21(29)20-12-17(31)9-10-27(20,4)28(19,30)23(33)14-26(18,25)3/h9-10,12,16,18-19,21,23,25,33H,5-8,11,13-15H2,1-4H3/t16?,18-,19-,21?,23?,25+,26-,27-,28-/m0/s1. The lowest BCUT2D eigenvalue weighted by atomic mass is 9.45. The third kappa shape index (κ3) is 4.03. The maximum absolute atomic E-state index is 17.2. The van der Waals surface area contributed by atoms with Crippen LogP contribution in [0.3, 0.4) is 0 Å². The zero-order valence-corrected chi connectivity index (χ0v) is 21.9. The van der Waals surface area contributed by atoms with E-state index < -0.39 is 39.8 Å². The fourth-order valence-corrected chi connectivity index (χ4v) is 8.57. The number of ketones is 2. The molecule has 0 aromatic carbocycles. The van der Waals surface area contributed by atoms with Gasteiger partial charge in [0.1, 0.15) is 6.61 Å². The van der Waals surface area contributed by atoms with Crippen molar-refractivity contribution in [1.82, 2.24) is 0 Å². The highest BCUT2D eigenvalue weighted by Crippen LogP contribution is 2.70. The molecule has 35 heavy (non-hydrogen) atoms. The summed E-state index contributed by atoms with van der Waals surface area (Å²) < 4.78 is 22.5. The van der Waals surface area contributed by atoms with Crippen molar-refractivity contribution in [2.24, 2.45) is 34.5 Å². The Kier molecular flexibility index (Phi) is 7.13. The molecule has 0 aliphatic heterocycles. The first-order valence-electron chi connectivity index (χ1n) is 13.0. The van der Waals surface area contributed by atoms with Crippen molar-refractivity contribution >= 4 is 29.1 Å². The van der Waals surface area contributed by atoms with Gasteiger partial charge >= 0.3 is 5.97 Å². The van der Waals surface area contributed by atoms with E-state index >= 15 is 4.39 Å². The second-order valence-corrected chi connectivity index (χ2v) is 12.2. The lowest BCUT2D eigenvalue weighted by Crippen LogP contribution is -2.68. The normalized spacial score (nSPS) is 44.2. The second kappa shape index (κ2) is 9.41. The number of carbonyl (C=O) groups excluding carboxylic acids is 3. The van der Waals surface area contributed by atoms with Gasteiger partial charge in [-0.25, -0.2) is 4.39 Å². The molecule has 0 heterocycles. The smallest absolute Gasteiger partial charge is 0.306 e. The highest BCUT2D eigenvalue weighted by Gasteiger charge is 2.72. The largest absolute Gasteiger partial charge is 0.458 e. The highest BCUT2D eigenvalue weighted by atomic mass is 35.5. The number of hydrogen-bond donors (Lipinski definition) is 1. The Morgan fingerprint density at radius 1 is 1.23 bits per heavy atom. The van der Waals surface area contributed by atoms with E-state index in [4.69, 9.17) is 16.3 Å². The zero-order valence-electron chi connectivity index (χ0n) is 21.2. The summed E-state index contributed by atoms with van der Waals surface area (Å²) in [4.78, 5) is 37.5. The van der Waals surface area contributed by atoms with Crippen molar-refractivity contribution < 1.29 is 28.6 Å². The van der Waals surface area contributed by atoms with E-state index in [1.165, 1.54) is 12.2 Å². The van der Waals surface area contributed by atoms with E-state index in [0.717, 1.165) is 19.3 Å². The molecule has 4 rings (SSSR count). The molecule has 0 amide bonds. The van der Waals surface area contributed by atoms with Crippen LogP contribution in [0.15, 0.2) is 23.8 Å². The third-order valence-corrected chi connectivity index (χ3v) is 10.1. The molecule has 1 N–H and O–H groups in total. The molecule has 3 saturated carbocycles. The van der Waals surface area contributed by atoms with Gasteiger partial charge in [0.15, 0.2) is 17.2 Å². The molecule has 0 aromatic heterocycles. The van der Waals surface area contributed by atoms with Crippen LogP contribution in [0.1, 0.15) is 72.6 Å². The summed E-state index contributed by atoms with van der Waals surface area (Å²) in [5.41, 5.74) is -3.28. The van der Waals surface area contributed by atoms with Crippen molar-refractivity contribution in [3.05, 3.63) is 23.8 Å². The van der Waals surface area contributed by atoms with Gasteiger partial charge in [0, 0.05) is 23.7 Å². The van der Waals surface area contributed by atoms with Crippen LogP contribution in [0, 0.1) is 34.5 Å². The van der Waals surface area contributed by atoms with Crippen LogP contribution in [-0.2, 0) is 19.1 Å². The minimum atomic E-state index is -1.99. The molecule has 0 spiro atoms. The molecular weight excluding hydrogens is 471 g/mol. The maximum atomic E-state index is 17.2. The Bertz CT molecular complexity index is 961. The van der Waals surface area contributed by atoms with Gasteiger partial charge in [-0.05, 0) is 67.6 Å². The Labute approximate surface area is 212 Å². The van der Waals surface area contributed by atoms with Crippen LogP contribution in [0.5, 0.6) is 0 Å². The zero-order chi connectivity index (χ0) is 25.8. The first kappa shape index (κ1) is 26.5. The van der Waals surface area contributed by atoms with Crippen LogP contribution >= 0.6 is 11.6 Å². The van der Waals surface area contributed by atoms with E-state index in [2.05, 4.69) is 6.92 Å². The van der Waals surface area contributed by atoms with Crippen molar-refractivity contribution in [3.8, 4) is 0 Å². The van der Waals surface area contributed by atoms with Gasteiger partial charge in [0.05, 0.1) is 11.5 Å². The van der Waals surface area contributed by atoms with Gasteiger partial charge in [-0.3, -0.25) is 14.4 Å². The monoisotopic (exact) mass is 508 g/mol. The lowest BCUT2D eigenvalue weighted by molar-refractivity contribution is -0.195. The first-order valence-corrected chi connectivity index (χ1v) is 13.5. The second-order valence-electron chi connectivity index (χ2n) is 11.7. The summed E-state index contributed by atoms with van der Waals surface area (Å²) in [5.74, 6) is -1.93. The van der Waals surface area contributed by atoms with Crippen LogP contribution in [-0.4, -0.2) is 46.4 Å². The SMILES string of the molecule is CCCCCC(=O)OCC(=O)[C@H]1C(C)C[C@H]2[C@@H]3CC(Cl)C4=CC(=O)C=C[C@]4(C)[C@@]3(F)C(O)C[C@]12C. The fourth-order valence-electron chi connectivity index (χ4n) is 8.09. The van der Waals surface area contributed by atoms with Crippen molar-refractivity contribution in [1.29, 1.82) is 0 Å². The van der Waals surface area contributed by atoms with Gasteiger partial charge in [-0.15, -0.1) is 11.6 Å². The number of unbranched alkanes of at least 4 members (excludes halogenated alkanes) is 2. The third-order valence-electron chi connectivity index (χ3n) is 9.68. The van der Waals surface area contributed by atoms with E-state index in [1.807, 2.05) is 13.8 Å². The van der Waals surface area contributed by atoms with E-state index in [9.17, 15) is 19.5 Å².